The Kier molecular flexibility index (Phi) is 8.47. The van der Waals surface area contributed by atoms with Gasteiger partial charge in [0.2, 0.25) is 10.0 Å². The van der Waals surface area contributed by atoms with Gasteiger partial charge in [-0.1, -0.05) is 48.5 Å². The normalized spacial score (nSPS) is 12.6. The molecule has 14 heteroatoms. The minimum Gasteiger partial charge on any atom is -0.480 e. The second-order valence-electron chi connectivity index (χ2n) is 10.3. The fourth-order valence-electron chi connectivity index (χ4n) is 4.98. The fourth-order valence-corrected chi connectivity index (χ4v) is 7.55. The number of nitro benzene ring substituents is 1. The Morgan fingerprint density at radius 3 is 2.18 bits per heavy atom. The van der Waals surface area contributed by atoms with E-state index in [1.807, 2.05) is 31.1 Å². The molecule has 1 atom stereocenters. The lowest BCUT2D eigenvalue weighted by Gasteiger charge is -2.17. The molecule has 232 valence electrons. The van der Waals surface area contributed by atoms with Crippen LogP contribution in [0, 0.1) is 10.1 Å². The highest BCUT2D eigenvalue weighted by molar-refractivity contribution is 7.89. The molecular weight excluding hydrogens is 622 g/mol. The molecule has 5 aromatic rings. The Bertz CT molecular complexity index is 2170. The Labute approximate surface area is 258 Å². The van der Waals surface area contributed by atoms with Crippen molar-refractivity contribution in [1.82, 2.24) is 4.72 Å². The van der Waals surface area contributed by atoms with E-state index in [0.29, 0.717) is 16.3 Å². The van der Waals surface area contributed by atoms with Crippen LogP contribution >= 0.6 is 0 Å². The number of anilines is 1. The molecule has 0 saturated carbocycles. The number of carbonyl (C=O) groups is 1. The predicted octanol–water partition coefficient (Wildman–Crippen LogP) is 4.71. The zero-order valence-electron chi connectivity index (χ0n) is 23.9. The van der Waals surface area contributed by atoms with Gasteiger partial charge >= 0.3 is 16.1 Å². The second-order valence-corrected chi connectivity index (χ2v) is 13.5. The van der Waals surface area contributed by atoms with Gasteiger partial charge in [0, 0.05) is 48.1 Å². The third-order valence-corrected chi connectivity index (χ3v) is 9.94. The monoisotopic (exact) mass is 649 g/mol. The number of aliphatic carboxylic acids is 1. The first-order chi connectivity index (χ1) is 21.3. The van der Waals surface area contributed by atoms with Crippen LogP contribution < -0.4 is 13.8 Å². The molecular formula is C31H27N3O9S2. The number of carboxylic acid groups (broad SMARTS) is 1. The van der Waals surface area contributed by atoms with E-state index in [2.05, 4.69) is 4.72 Å². The number of nitrogens with zero attached hydrogens (tertiary/aromatic N) is 2. The van der Waals surface area contributed by atoms with Gasteiger partial charge in [-0.15, -0.1) is 0 Å². The number of rotatable bonds is 11. The lowest BCUT2D eigenvalue weighted by atomic mass is 10.1. The maximum Gasteiger partial charge on any atom is 0.339 e. The highest BCUT2D eigenvalue weighted by Gasteiger charge is 2.28. The number of hydrogen-bond donors (Lipinski definition) is 2. The molecule has 0 aromatic heterocycles. The Morgan fingerprint density at radius 2 is 1.51 bits per heavy atom. The summed E-state index contributed by atoms with van der Waals surface area (Å²) in [6.45, 7) is 0. The van der Waals surface area contributed by atoms with Crippen LogP contribution in [0.5, 0.6) is 5.75 Å². The van der Waals surface area contributed by atoms with Crippen LogP contribution in [0.4, 0.5) is 11.4 Å². The predicted molar refractivity (Wildman–Crippen MR) is 169 cm³/mol. The topological polar surface area (TPSA) is 173 Å². The van der Waals surface area contributed by atoms with Crippen LogP contribution in [0.1, 0.15) is 5.56 Å². The first kappa shape index (κ1) is 31.4. The van der Waals surface area contributed by atoms with Crippen molar-refractivity contribution in [3.05, 3.63) is 113 Å². The third-order valence-electron chi connectivity index (χ3n) is 7.10. The summed E-state index contributed by atoms with van der Waals surface area (Å²) >= 11 is 0. The molecule has 2 N–H and O–H groups in total. The zero-order chi connectivity index (χ0) is 32.5. The van der Waals surface area contributed by atoms with Crippen molar-refractivity contribution in [3.8, 4) is 5.75 Å². The van der Waals surface area contributed by atoms with Gasteiger partial charge in [-0.25, -0.2) is 8.42 Å². The molecule has 0 aliphatic rings. The Morgan fingerprint density at radius 1 is 0.867 bits per heavy atom. The van der Waals surface area contributed by atoms with Crippen molar-refractivity contribution in [2.75, 3.05) is 19.0 Å². The molecule has 0 fully saturated rings. The van der Waals surface area contributed by atoms with E-state index < -0.39 is 37.1 Å². The van der Waals surface area contributed by atoms with Gasteiger partial charge in [0.15, 0.2) is 0 Å². The van der Waals surface area contributed by atoms with E-state index in [9.17, 15) is 36.9 Å². The highest BCUT2D eigenvalue weighted by atomic mass is 32.2. The summed E-state index contributed by atoms with van der Waals surface area (Å²) in [7, 11) is -4.93. The van der Waals surface area contributed by atoms with Gasteiger partial charge in [-0.05, 0) is 53.8 Å². The van der Waals surface area contributed by atoms with Gasteiger partial charge in [0.05, 0.1) is 9.82 Å². The summed E-state index contributed by atoms with van der Waals surface area (Å²) in [5.74, 6) is -1.46. The number of sulfonamides is 1. The van der Waals surface area contributed by atoms with Gasteiger partial charge < -0.3 is 14.2 Å². The fraction of sp³-hybridized carbons (Fsp3) is 0.129. The van der Waals surface area contributed by atoms with E-state index in [4.69, 9.17) is 4.18 Å². The summed E-state index contributed by atoms with van der Waals surface area (Å²) in [5.41, 5.74) is 1.01. The lowest BCUT2D eigenvalue weighted by Crippen LogP contribution is -2.42. The molecule has 0 aliphatic carbocycles. The first-order valence-corrected chi connectivity index (χ1v) is 16.3. The SMILES string of the molecule is CN(C)c1cccc2c(S(=O)(=O)Oc3ccc(C[C@H](NS(=O)(=O)c4cccc5cc([N+](=O)[O-])ccc45)C(=O)O)cc3)cccc12. The molecule has 0 bridgehead atoms. The number of non-ortho nitro benzene ring substituents is 1. The average Bonchev–Trinajstić information content (AvgIpc) is 3.00. The molecule has 0 aliphatic heterocycles. The van der Waals surface area contributed by atoms with Crippen molar-refractivity contribution in [3.63, 3.8) is 0 Å². The van der Waals surface area contributed by atoms with E-state index in [1.54, 1.807) is 18.2 Å². The molecule has 45 heavy (non-hydrogen) atoms. The smallest absolute Gasteiger partial charge is 0.339 e. The van der Waals surface area contributed by atoms with E-state index in [0.717, 1.165) is 11.1 Å². The summed E-state index contributed by atoms with van der Waals surface area (Å²) < 4.78 is 60.7. The number of nitro groups is 1. The van der Waals surface area contributed by atoms with Crippen LogP contribution in [0.2, 0.25) is 0 Å². The van der Waals surface area contributed by atoms with Crippen molar-refractivity contribution in [2.24, 2.45) is 0 Å². The molecule has 0 radical (unpaired) electrons. The lowest BCUT2D eigenvalue weighted by molar-refractivity contribution is -0.384. The molecule has 0 heterocycles. The number of nitrogens with one attached hydrogen (secondary N) is 1. The van der Waals surface area contributed by atoms with Gasteiger partial charge in [-0.3, -0.25) is 14.9 Å². The summed E-state index contributed by atoms with van der Waals surface area (Å²) in [5, 5.41) is 22.6. The number of fused-ring (bicyclic) bond motifs is 2. The van der Waals surface area contributed by atoms with Crippen molar-refractivity contribution >= 4 is 59.0 Å². The van der Waals surface area contributed by atoms with Crippen LogP contribution in [0.15, 0.2) is 107 Å². The van der Waals surface area contributed by atoms with E-state index in [1.165, 1.54) is 66.7 Å². The molecule has 5 rings (SSSR count). The standard InChI is InChI=1S/C31H27N3O9S2/c1-33(2)28-9-4-8-26-25(28)7-5-11-30(26)45(41,42)43-23-15-12-20(13-16-23)18-27(31(35)36)32-44(39,40)29-10-3-6-21-19-22(34(37)38)14-17-24(21)29/h3-17,19,27,32H,18H2,1-2H3,(H,35,36)/t27-/m0/s1. The molecule has 0 unspecified atom stereocenters. The minimum absolute atomic E-state index is 0.0168. The molecule has 0 saturated heterocycles. The Balaban J connectivity index is 1.35. The van der Waals surface area contributed by atoms with Gasteiger partial charge in [0.1, 0.15) is 16.7 Å². The van der Waals surface area contributed by atoms with Gasteiger partial charge in [-0.2, -0.15) is 13.1 Å². The highest BCUT2D eigenvalue weighted by Crippen LogP contribution is 2.32. The van der Waals surface area contributed by atoms with Crippen LogP contribution in [-0.4, -0.2) is 53.0 Å². The minimum atomic E-state index is -4.38. The number of carboxylic acids is 1. The summed E-state index contributed by atoms with van der Waals surface area (Å²) in [6.07, 6.45) is -0.269. The van der Waals surface area contributed by atoms with E-state index in [-0.39, 0.29) is 33.0 Å². The van der Waals surface area contributed by atoms with Crippen molar-refractivity contribution < 1.29 is 35.8 Å². The molecule has 12 nitrogen and oxygen atoms in total. The zero-order valence-corrected chi connectivity index (χ0v) is 25.6. The second kappa shape index (κ2) is 12.1. The molecule has 0 amide bonds. The Hall–Kier alpha value is -5.05. The van der Waals surface area contributed by atoms with E-state index >= 15 is 0 Å². The largest absolute Gasteiger partial charge is 0.480 e. The summed E-state index contributed by atoms with van der Waals surface area (Å²) in [4.78, 5) is 24.2. The summed E-state index contributed by atoms with van der Waals surface area (Å²) in [6, 6.07) is 22.1. The van der Waals surface area contributed by atoms with Crippen LogP contribution in [0.3, 0.4) is 0 Å². The molecule has 5 aromatic carbocycles. The maximum absolute atomic E-state index is 13.3. The third kappa shape index (κ3) is 6.57. The van der Waals surface area contributed by atoms with Gasteiger partial charge in [0.25, 0.3) is 5.69 Å². The number of hydrogen-bond acceptors (Lipinski definition) is 9. The maximum atomic E-state index is 13.3. The first-order valence-electron chi connectivity index (χ1n) is 13.4. The quantitative estimate of drug-likeness (QED) is 0.116. The number of benzene rings is 5. The van der Waals surface area contributed by atoms with Crippen molar-refractivity contribution in [1.29, 1.82) is 0 Å². The molecule has 0 spiro atoms. The average molecular weight is 650 g/mol. The van der Waals surface area contributed by atoms with Crippen molar-refractivity contribution in [2.45, 2.75) is 22.3 Å². The van der Waals surface area contributed by atoms with Crippen LogP contribution in [-0.2, 0) is 31.4 Å². The van der Waals surface area contributed by atoms with Crippen LogP contribution in [0.25, 0.3) is 21.5 Å².